The van der Waals surface area contributed by atoms with Gasteiger partial charge < -0.3 is 19.1 Å². The van der Waals surface area contributed by atoms with Crippen molar-refractivity contribution in [3.63, 3.8) is 0 Å². The highest BCUT2D eigenvalue weighted by Crippen LogP contribution is 2.32. The molecule has 0 aromatic heterocycles. The minimum atomic E-state index is -0.478. The predicted octanol–water partition coefficient (Wildman–Crippen LogP) is 5.66. The average molecular weight is 462 g/mol. The van der Waals surface area contributed by atoms with Gasteiger partial charge in [-0.1, -0.05) is 46.3 Å². The summed E-state index contributed by atoms with van der Waals surface area (Å²) < 4.78 is 18.5. The Hall–Kier alpha value is -2.21. The SMILES string of the molecule is CC(C)(C)OC(=O)N1CCC(COc2ccc(Br)cc2OCc2ccccc2)C1. The number of carbonyl (C=O) groups is 1. The summed E-state index contributed by atoms with van der Waals surface area (Å²) in [6, 6.07) is 15.8. The summed E-state index contributed by atoms with van der Waals surface area (Å²) >= 11 is 3.49. The summed E-state index contributed by atoms with van der Waals surface area (Å²) in [5, 5.41) is 0. The van der Waals surface area contributed by atoms with Crippen LogP contribution >= 0.6 is 15.9 Å². The van der Waals surface area contributed by atoms with Gasteiger partial charge in [0.1, 0.15) is 12.2 Å². The zero-order valence-corrected chi connectivity index (χ0v) is 18.8. The minimum absolute atomic E-state index is 0.254. The highest BCUT2D eigenvalue weighted by atomic mass is 79.9. The molecule has 1 atom stereocenters. The van der Waals surface area contributed by atoms with Crippen LogP contribution in [0.1, 0.15) is 32.8 Å². The second-order valence-corrected chi connectivity index (χ2v) is 9.17. The van der Waals surface area contributed by atoms with Gasteiger partial charge in [0.2, 0.25) is 0 Å². The number of nitrogens with zero attached hydrogens (tertiary/aromatic N) is 1. The van der Waals surface area contributed by atoms with Gasteiger partial charge in [-0.2, -0.15) is 0 Å². The zero-order valence-electron chi connectivity index (χ0n) is 17.2. The van der Waals surface area contributed by atoms with E-state index in [0.29, 0.717) is 37.8 Å². The summed E-state index contributed by atoms with van der Waals surface area (Å²) in [5.74, 6) is 1.68. The normalized spacial score (nSPS) is 16.6. The number of rotatable bonds is 6. The lowest BCUT2D eigenvalue weighted by molar-refractivity contribution is 0.0284. The molecule has 1 fully saturated rings. The van der Waals surface area contributed by atoms with Crippen LogP contribution in [0, 0.1) is 5.92 Å². The van der Waals surface area contributed by atoms with E-state index in [4.69, 9.17) is 14.2 Å². The molecule has 3 rings (SSSR count). The van der Waals surface area contributed by atoms with Crippen molar-refractivity contribution in [2.24, 2.45) is 5.92 Å². The Morgan fingerprint density at radius 1 is 1.10 bits per heavy atom. The highest BCUT2D eigenvalue weighted by Gasteiger charge is 2.30. The maximum atomic E-state index is 12.2. The van der Waals surface area contributed by atoms with E-state index < -0.39 is 5.60 Å². The number of hydrogen-bond donors (Lipinski definition) is 0. The lowest BCUT2D eigenvalue weighted by atomic mass is 10.1. The molecule has 0 radical (unpaired) electrons. The lowest BCUT2D eigenvalue weighted by Crippen LogP contribution is -2.35. The minimum Gasteiger partial charge on any atom is -0.489 e. The Bertz CT molecular complexity index is 819. The molecular formula is C23H28BrNO4. The second kappa shape index (κ2) is 9.53. The number of ether oxygens (including phenoxy) is 3. The van der Waals surface area contributed by atoms with Crippen molar-refractivity contribution < 1.29 is 19.0 Å². The van der Waals surface area contributed by atoms with Gasteiger partial charge in [-0.3, -0.25) is 0 Å². The van der Waals surface area contributed by atoms with E-state index in [1.807, 2.05) is 69.3 Å². The van der Waals surface area contributed by atoms with Gasteiger partial charge in [-0.15, -0.1) is 0 Å². The first-order valence-electron chi connectivity index (χ1n) is 9.87. The van der Waals surface area contributed by atoms with Gasteiger partial charge in [0, 0.05) is 23.5 Å². The van der Waals surface area contributed by atoms with E-state index in [0.717, 1.165) is 16.5 Å². The molecule has 0 N–H and O–H groups in total. The molecule has 0 spiro atoms. The van der Waals surface area contributed by atoms with Crippen LogP contribution in [0.3, 0.4) is 0 Å². The van der Waals surface area contributed by atoms with Crippen LogP contribution in [-0.2, 0) is 11.3 Å². The van der Waals surface area contributed by atoms with Crippen molar-refractivity contribution in [2.45, 2.75) is 39.4 Å². The summed E-state index contributed by atoms with van der Waals surface area (Å²) in [6.45, 7) is 7.99. The Balaban J connectivity index is 1.55. The van der Waals surface area contributed by atoms with Gasteiger partial charge in [0.05, 0.1) is 6.61 Å². The quantitative estimate of drug-likeness (QED) is 0.556. The fourth-order valence-corrected chi connectivity index (χ4v) is 3.46. The topological polar surface area (TPSA) is 48.0 Å². The summed E-state index contributed by atoms with van der Waals surface area (Å²) in [6.07, 6.45) is 0.645. The summed E-state index contributed by atoms with van der Waals surface area (Å²) in [4.78, 5) is 14.0. The van der Waals surface area contributed by atoms with Gasteiger partial charge >= 0.3 is 6.09 Å². The molecule has 1 amide bonds. The highest BCUT2D eigenvalue weighted by molar-refractivity contribution is 9.10. The largest absolute Gasteiger partial charge is 0.489 e. The Labute approximate surface area is 181 Å². The summed E-state index contributed by atoms with van der Waals surface area (Å²) in [7, 11) is 0. The first-order chi connectivity index (χ1) is 13.8. The van der Waals surface area contributed by atoms with Crippen LogP contribution < -0.4 is 9.47 Å². The summed E-state index contributed by atoms with van der Waals surface area (Å²) in [5.41, 5.74) is 0.621. The van der Waals surface area contributed by atoms with Crippen molar-refractivity contribution in [3.8, 4) is 11.5 Å². The third kappa shape index (κ3) is 6.67. The molecule has 1 aliphatic rings. The molecule has 6 heteroatoms. The Morgan fingerprint density at radius 3 is 2.59 bits per heavy atom. The van der Waals surface area contributed by atoms with Crippen LogP contribution in [0.15, 0.2) is 53.0 Å². The maximum absolute atomic E-state index is 12.2. The number of halogens is 1. The first-order valence-corrected chi connectivity index (χ1v) is 10.7. The molecule has 29 heavy (non-hydrogen) atoms. The average Bonchev–Trinajstić information content (AvgIpc) is 3.14. The van der Waals surface area contributed by atoms with E-state index in [1.54, 1.807) is 4.90 Å². The van der Waals surface area contributed by atoms with E-state index in [9.17, 15) is 4.79 Å². The number of carbonyl (C=O) groups excluding carboxylic acids is 1. The van der Waals surface area contributed by atoms with Crippen LogP contribution in [0.25, 0.3) is 0 Å². The van der Waals surface area contributed by atoms with Gasteiger partial charge in [0.25, 0.3) is 0 Å². The molecule has 156 valence electrons. The number of likely N-dealkylation sites (tertiary alicyclic amines) is 1. The fraction of sp³-hybridized carbons (Fsp3) is 0.435. The van der Waals surface area contributed by atoms with E-state index >= 15 is 0 Å². The Kier molecular flexibility index (Phi) is 7.06. The van der Waals surface area contributed by atoms with Crippen LogP contribution in [0.4, 0.5) is 4.79 Å². The van der Waals surface area contributed by atoms with E-state index in [1.165, 1.54) is 0 Å². The molecular weight excluding hydrogens is 434 g/mol. The molecule has 0 saturated carbocycles. The van der Waals surface area contributed by atoms with Crippen LogP contribution in [0.2, 0.25) is 0 Å². The number of hydrogen-bond acceptors (Lipinski definition) is 4. The van der Waals surface area contributed by atoms with Crippen molar-refractivity contribution >= 4 is 22.0 Å². The van der Waals surface area contributed by atoms with Crippen molar-refractivity contribution in [3.05, 3.63) is 58.6 Å². The van der Waals surface area contributed by atoms with Crippen LogP contribution in [-0.4, -0.2) is 36.3 Å². The van der Waals surface area contributed by atoms with Crippen molar-refractivity contribution in [2.75, 3.05) is 19.7 Å². The molecule has 1 unspecified atom stereocenters. The van der Waals surface area contributed by atoms with Crippen molar-refractivity contribution in [1.29, 1.82) is 0 Å². The molecule has 0 aliphatic carbocycles. The third-order valence-corrected chi connectivity index (χ3v) is 5.05. The van der Waals surface area contributed by atoms with Crippen LogP contribution in [0.5, 0.6) is 11.5 Å². The number of benzene rings is 2. The van der Waals surface area contributed by atoms with Gasteiger partial charge in [0.15, 0.2) is 11.5 Å². The third-order valence-electron chi connectivity index (χ3n) is 4.56. The van der Waals surface area contributed by atoms with Gasteiger partial charge in [-0.25, -0.2) is 4.79 Å². The molecule has 2 aromatic rings. The smallest absolute Gasteiger partial charge is 0.410 e. The van der Waals surface area contributed by atoms with E-state index in [2.05, 4.69) is 15.9 Å². The molecule has 0 bridgehead atoms. The second-order valence-electron chi connectivity index (χ2n) is 8.26. The molecule has 1 aliphatic heterocycles. The molecule has 1 saturated heterocycles. The Morgan fingerprint density at radius 2 is 1.86 bits per heavy atom. The fourth-order valence-electron chi connectivity index (χ4n) is 3.12. The van der Waals surface area contributed by atoms with Gasteiger partial charge in [-0.05, 0) is 51.0 Å². The first kappa shape index (κ1) is 21.5. The predicted molar refractivity (Wildman–Crippen MR) is 116 cm³/mol. The van der Waals surface area contributed by atoms with E-state index in [-0.39, 0.29) is 12.0 Å². The molecule has 2 aromatic carbocycles. The van der Waals surface area contributed by atoms with Crippen molar-refractivity contribution in [1.82, 2.24) is 4.90 Å². The monoisotopic (exact) mass is 461 g/mol. The maximum Gasteiger partial charge on any atom is 0.410 e. The zero-order chi connectivity index (χ0) is 20.9. The lowest BCUT2D eigenvalue weighted by Gasteiger charge is -2.24. The molecule has 1 heterocycles. The standard InChI is InChI=1S/C23H28BrNO4/c1-23(2,3)29-22(26)25-12-11-18(14-25)16-27-20-10-9-19(24)13-21(20)28-15-17-7-5-4-6-8-17/h4-10,13,18H,11-12,14-16H2,1-3H3. The molecule has 5 nitrogen and oxygen atoms in total. The number of amides is 1.